The minimum absolute atomic E-state index is 0.0511. The van der Waals surface area contributed by atoms with Crippen LogP contribution in [0.2, 0.25) is 0 Å². The highest BCUT2D eigenvalue weighted by Crippen LogP contribution is 2.14. The molecule has 158 valence electrons. The molecule has 1 N–H and O–H groups in total. The second-order valence-corrected chi connectivity index (χ2v) is 7.56. The van der Waals surface area contributed by atoms with Crippen LogP contribution in [0, 0.1) is 0 Å². The summed E-state index contributed by atoms with van der Waals surface area (Å²) in [6.07, 6.45) is -4.43. The Morgan fingerprint density at radius 3 is 2.22 bits per heavy atom. The number of nitrogens with one attached hydrogen (secondary N) is 1. The Labute approximate surface area is 158 Å². The third kappa shape index (κ3) is 10.4. The van der Waals surface area contributed by atoms with Gasteiger partial charge in [-0.3, -0.25) is 9.69 Å². The predicted octanol–water partition coefficient (Wildman–Crippen LogP) is 2.01. The molecule has 10 heteroatoms. The van der Waals surface area contributed by atoms with Gasteiger partial charge >= 0.3 is 12.3 Å². The van der Waals surface area contributed by atoms with Gasteiger partial charge in [0.15, 0.2) is 0 Å². The highest BCUT2D eigenvalue weighted by molar-refractivity contribution is 5.85. The Balaban J connectivity index is 2.25. The Hall–Kier alpha value is -1.55. The first-order valence-corrected chi connectivity index (χ1v) is 9.02. The average Bonchev–Trinajstić information content (AvgIpc) is 2.51. The van der Waals surface area contributed by atoms with Crippen molar-refractivity contribution in [1.82, 2.24) is 15.1 Å². The van der Waals surface area contributed by atoms with E-state index >= 15 is 0 Å². The van der Waals surface area contributed by atoms with E-state index in [4.69, 9.17) is 4.74 Å². The van der Waals surface area contributed by atoms with Crippen LogP contribution in [0.4, 0.5) is 18.0 Å². The Bertz CT molecular complexity index is 487. The van der Waals surface area contributed by atoms with Crippen molar-refractivity contribution in [3.63, 3.8) is 0 Å². The number of piperazine rings is 1. The number of ether oxygens (including phenoxy) is 2. The monoisotopic (exact) mass is 397 g/mol. The lowest BCUT2D eigenvalue weighted by molar-refractivity contribution is -0.174. The summed E-state index contributed by atoms with van der Waals surface area (Å²) in [4.78, 5) is 27.9. The number of carbonyl (C=O) groups excluding carboxylic acids is 2. The van der Waals surface area contributed by atoms with Gasteiger partial charge in [0.25, 0.3) is 0 Å². The van der Waals surface area contributed by atoms with E-state index in [9.17, 15) is 22.8 Å². The molecule has 2 amide bonds. The number of hydrogen-bond acceptors (Lipinski definition) is 5. The van der Waals surface area contributed by atoms with Crippen LogP contribution >= 0.6 is 0 Å². The minimum atomic E-state index is -4.30. The van der Waals surface area contributed by atoms with Crippen molar-refractivity contribution in [1.29, 1.82) is 0 Å². The van der Waals surface area contributed by atoms with E-state index < -0.39 is 30.5 Å². The summed E-state index contributed by atoms with van der Waals surface area (Å²) in [5, 5.41) is 2.53. The summed E-state index contributed by atoms with van der Waals surface area (Å²) in [5.74, 6) is -0.186. The number of hydrogen-bond donors (Lipinski definition) is 1. The Kier molecular flexibility index (Phi) is 8.80. The molecule has 1 fully saturated rings. The van der Waals surface area contributed by atoms with Gasteiger partial charge in [-0.2, -0.15) is 13.2 Å². The normalized spacial score (nSPS) is 17.5. The van der Waals surface area contributed by atoms with Crippen molar-refractivity contribution in [2.24, 2.45) is 0 Å². The molecular formula is C17H30F3N3O4. The zero-order valence-electron chi connectivity index (χ0n) is 16.4. The van der Waals surface area contributed by atoms with E-state index in [0.29, 0.717) is 39.1 Å². The van der Waals surface area contributed by atoms with E-state index in [0.717, 1.165) is 0 Å². The predicted molar refractivity (Wildman–Crippen MR) is 93.3 cm³/mol. The molecule has 0 aromatic rings. The van der Waals surface area contributed by atoms with Gasteiger partial charge in [0.1, 0.15) is 18.2 Å². The van der Waals surface area contributed by atoms with Crippen LogP contribution in [0.3, 0.4) is 0 Å². The molecule has 1 heterocycles. The van der Waals surface area contributed by atoms with Crippen LogP contribution in [0.5, 0.6) is 0 Å². The number of halogens is 3. The molecule has 0 radical (unpaired) electrons. The van der Waals surface area contributed by atoms with Crippen molar-refractivity contribution >= 4 is 12.0 Å². The first kappa shape index (κ1) is 23.5. The summed E-state index contributed by atoms with van der Waals surface area (Å²) >= 11 is 0. The number of carbonyl (C=O) groups is 2. The molecule has 1 aliphatic heterocycles. The topological polar surface area (TPSA) is 71.1 Å². The van der Waals surface area contributed by atoms with Crippen molar-refractivity contribution in [2.45, 2.75) is 51.9 Å². The van der Waals surface area contributed by atoms with Crippen LogP contribution in [0.25, 0.3) is 0 Å². The largest absolute Gasteiger partial charge is 0.444 e. The molecule has 1 atom stereocenters. The van der Waals surface area contributed by atoms with Gasteiger partial charge < -0.3 is 19.7 Å². The summed E-state index contributed by atoms with van der Waals surface area (Å²) in [6.45, 7) is 8.54. The van der Waals surface area contributed by atoms with Gasteiger partial charge in [0.2, 0.25) is 5.91 Å². The third-order valence-electron chi connectivity index (χ3n) is 3.82. The van der Waals surface area contributed by atoms with Gasteiger partial charge in [0, 0.05) is 39.3 Å². The molecule has 0 spiro atoms. The highest BCUT2D eigenvalue weighted by Gasteiger charge is 2.28. The highest BCUT2D eigenvalue weighted by atomic mass is 19.4. The molecule has 27 heavy (non-hydrogen) atoms. The quantitative estimate of drug-likeness (QED) is 0.666. The maximum absolute atomic E-state index is 12.4. The standard InChI is InChI=1S/C17H30F3N3O4/c1-13(21-15(25)27-16(2,3)4)14(24)23-9-7-22(8-10-23)6-5-11-26-12-17(18,19)20/h13H,5-12H2,1-4H3,(H,21,25). The Morgan fingerprint density at radius 1 is 1.11 bits per heavy atom. The molecule has 1 unspecified atom stereocenters. The molecule has 1 saturated heterocycles. The fourth-order valence-electron chi connectivity index (χ4n) is 2.59. The SMILES string of the molecule is CC(NC(=O)OC(C)(C)C)C(=O)N1CCN(CCCOCC(F)(F)F)CC1. The van der Waals surface area contributed by atoms with Crippen molar-refractivity contribution in [2.75, 3.05) is 45.9 Å². The van der Waals surface area contributed by atoms with Crippen LogP contribution in [-0.4, -0.2) is 85.6 Å². The summed E-state index contributed by atoms with van der Waals surface area (Å²) in [5.41, 5.74) is -0.637. The van der Waals surface area contributed by atoms with Crippen LogP contribution in [0.1, 0.15) is 34.1 Å². The lowest BCUT2D eigenvalue weighted by atomic mass is 10.2. The van der Waals surface area contributed by atoms with Gasteiger partial charge in [0.05, 0.1) is 0 Å². The van der Waals surface area contributed by atoms with E-state index in [1.54, 1.807) is 32.6 Å². The van der Waals surface area contributed by atoms with Crippen molar-refractivity contribution < 1.29 is 32.2 Å². The average molecular weight is 397 g/mol. The van der Waals surface area contributed by atoms with Gasteiger partial charge in [-0.1, -0.05) is 0 Å². The maximum Gasteiger partial charge on any atom is 0.411 e. The van der Waals surface area contributed by atoms with Crippen molar-refractivity contribution in [3.05, 3.63) is 0 Å². The minimum Gasteiger partial charge on any atom is -0.444 e. The van der Waals surface area contributed by atoms with Gasteiger partial charge in [-0.05, 0) is 34.1 Å². The fraction of sp³-hybridized carbons (Fsp3) is 0.882. The lowest BCUT2D eigenvalue weighted by Gasteiger charge is -2.36. The first-order chi connectivity index (χ1) is 12.4. The first-order valence-electron chi connectivity index (χ1n) is 9.02. The summed E-state index contributed by atoms with van der Waals surface area (Å²) in [7, 11) is 0. The number of alkyl halides is 3. The van der Waals surface area contributed by atoms with Gasteiger partial charge in [-0.25, -0.2) is 4.79 Å². The third-order valence-corrected chi connectivity index (χ3v) is 3.82. The number of amides is 2. The Morgan fingerprint density at radius 2 is 1.70 bits per heavy atom. The summed E-state index contributed by atoms with van der Waals surface area (Å²) in [6, 6.07) is -0.692. The fourth-order valence-corrected chi connectivity index (χ4v) is 2.59. The summed E-state index contributed by atoms with van der Waals surface area (Å²) < 4.78 is 45.6. The molecule has 7 nitrogen and oxygen atoms in total. The molecule has 0 aromatic heterocycles. The number of rotatable bonds is 7. The van der Waals surface area contributed by atoms with E-state index in [1.807, 2.05) is 0 Å². The molecule has 1 rings (SSSR count). The van der Waals surface area contributed by atoms with Crippen molar-refractivity contribution in [3.8, 4) is 0 Å². The van der Waals surface area contributed by atoms with Gasteiger partial charge in [-0.15, -0.1) is 0 Å². The number of alkyl carbamates (subject to hydrolysis) is 1. The number of nitrogens with zero attached hydrogens (tertiary/aromatic N) is 2. The molecule has 0 aliphatic carbocycles. The van der Waals surface area contributed by atoms with E-state index in [-0.39, 0.29) is 12.5 Å². The zero-order valence-corrected chi connectivity index (χ0v) is 16.4. The molecule has 0 aromatic carbocycles. The van der Waals surface area contributed by atoms with Crippen LogP contribution in [-0.2, 0) is 14.3 Å². The van der Waals surface area contributed by atoms with E-state index in [2.05, 4.69) is 15.0 Å². The maximum atomic E-state index is 12.4. The lowest BCUT2D eigenvalue weighted by Crippen LogP contribution is -2.54. The zero-order chi connectivity index (χ0) is 20.7. The second-order valence-electron chi connectivity index (χ2n) is 7.56. The molecule has 0 bridgehead atoms. The smallest absolute Gasteiger partial charge is 0.411 e. The van der Waals surface area contributed by atoms with Crippen LogP contribution in [0.15, 0.2) is 0 Å². The van der Waals surface area contributed by atoms with Crippen LogP contribution < -0.4 is 5.32 Å². The molecule has 1 aliphatic rings. The van der Waals surface area contributed by atoms with E-state index in [1.165, 1.54) is 0 Å². The molecular weight excluding hydrogens is 367 g/mol. The second kappa shape index (κ2) is 10.1. The molecule has 0 saturated carbocycles.